The topological polar surface area (TPSA) is 68.4 Å². The van der Waals surface area contributed by atoms with E-state index in [9.17, 15) is 9.59 Å². The summed E-state index contributed by atoms with van der Waals surface area (Å²) < 4.78 is 3.45. The Bertz CT molecular complexity index is 1380. The molecular weight excluding hydrogens is 412 g/mol. The van der Waals surface area contributed by atoms with E-state index in [1.54, 1.807) is 27.4 Å². The van der Waals surface area contributed by atoms with Crippen LogP contribution in [0.4, 0.5) is 5.69 Å². The van der Waals surface area contributed by atoms with Crippen LogP contribution in [0.3, 0.4) is 0 Å². The first kappa shape index (κ1) is 21.2. The number of benzene rings is 2. The van der Waals surface area contributed by atoms with Gasteiger partial charge in [0, 0.05) is 29.2 Å². The monoisotopic (exact) mass is 440 g/mol. The second-order valence-electron chi connectivity index (χ2n) is 9.09. The third kappa shape index (κ3) is 4.21. The molecule has 1 aliphatic carbocycles. The molecule has 6 nitrogen and oxygen atoms in total. The van der Waals surface area contributed by atoms with Gasteiger partial charge in [0.15, 0.2) is 0 Å². The first-order valence-corrected chi connectivity index (χ1v) is 11.6. The lowest BCUT2D eigenvalue weighted by Gasteiger charge is -2.11. The fraction of sp³-hybridized carbons (Fsp3) is 0.296. The second-order valence-corrected chi connectivity index (χ2v) is 9.09. The Balaban J connectivity index is 1.33. The summed E-state index contributed by atoms with van der Waals surface area (Å²) in [4.78, 5) is 25.9. The summed E-state index contributed by atoms with van der Waals surface area (Å²) in [7, 11) is 0. The van der Waals surface area contributed by atoms with Crippen LogP contribution in [0, 0.1) is 0 Å². The Morgan fingerprint density at radius 1 is 1.06 bits per heavy atom. The van der Waals surface area contributed by atoms with Crippen molar-refractivity contribution in [3.8, 4) is 0 Å². The van der Waals surface area contributed by atoms with Gasteiger partial charge in [0.05, 0.1) is 12.2 Å². The molecule has 1 aliphatic rings. The molecule has 0 saturated carbocycles. The van der Waals surface area contributed by atoms with Gasteiger partial charge in [-0.3, -0.25) is 9.59 Å². The van der Waals surface area contributed by atoms with Crippen LogP contribution < -0.4 is 10.9 Å². The van der Waals surface area contributed by atoms with Gasteiger partial charge in [-0.2, -0.15) is 5.10 Å². The highest BCUT2D eigenvalue weighted by Crippen LogP contribution is 2.23. The molecule has 0 saturated heterocycles. The first-order valence-electron chi connectivity index (χ1n) is 11.6. The molecule has 33 heavy (non-hydrogen) atoms. The molecular formula is C27H28N4O2. The number of fused-ring (bicyclic) bond motifs is 3. The van der Waals surface area contributed by atoms with Crippen LogP contribution >= 0.6 is 0 Å². The minimum absolute atomic E-state index is 0.0139. The van der Waals surface area contributed by atoms with Gasteiger partial charge in [-0.25, -0.2) is 4.52 Å². The summed E-state index contributed by atoms with van der Waals surface area (Å²) in [6.45, 7) is 4.71. The Kier molecular flexibility index (Phi) is 5.58. The molecule has 5 rings (SSSR count). The van der Waals surface area contributed by atoms with Gasteiger partial charge in [0.1, 0.15) is 5.52 Å². The molecule has 0 fully saturated rings. The van der Waals surface area contributed by atoms with Crippen molar-refractivity contribution in [2.24, 2.45) is 0 Å². The normalized spacial score (nSPS) is 13.3. The second kappa shape index (κ2) is 8.70. The van der Waals surface area contributed by atoms with Crippen LogP contribution in [-0.4, -0.2) is 20.1 Å². The molecule has 0 atom stereocenters. The van der Waals surface area contributed by atoms with Crippen LogP contribution in [0.2, 0.25) is 0 Å². The van der Waals surface area contributed by atoms with Gasteiger partial charge in [-0.1, -0.05) is 38.1 Å². The zero-order chi connectivity index (χ0) is 22.9. The molecule has 1 N–H and O–H groups in total. The number of carbonyl (C=O) groups is 1. The predicted octanol–water partition coefficient (Wildman–Crippen LogP) is 4.80. The van der Waals surface area contributed by atoms with E-state index < -0.39 is 0 Å². The maximum Gasteiger partial charge on any atom is 0.277 e. The molecule has 0 radical (unpaired) electrons. The molecule has 2 aromatic heterocycles. The Morgan fingerprint density at radius 2 is 1.85 bits per heavy atom. The van der Waals surface area contributed by atoms with Gasteiger partial charge >= 0.3 is 0 Å². The van der Waals surface area contributed by atoms with Gasteiger partial charge in [-0.05, 0) is 67.0 Å². The van der Waals surface area contributed by atoms with Crippen molar-refractivity contribution in [3.05, 3.63) is 99.2 Å². The smallest absolute Gasteiger partial charge is 0.277 e. The SMILES string of the molecule is CC(C)c1cccc(NC(=O)c2ccc(Cn3ccn4nc5c(c4c3=O)CCCC5)cc2)c1. The fourth-order valence-electron chi connectivity index (χ4n) is 4.52. The average Bonchev–Trinajstić information content (AvgIpc) is 3.21. The Labute approximate surface area is 192 Å². The van der Waals surface area contributed by atoms with Crippen molar-refractivity contribution in [3.63, 3.8) is 0 Å². The van der Waals surface area contributed by atoms with E-state index in [2.05, 4.69) is 30.3 Å². The largest absolute Gasteiger partial charge is 0.322 e. The van der Waals surface area contributed by atoms with E-state index in [0.29, 0.717) is 23.5 Å². The molecule has 0 spiro atoms. The molecule has 0 aliphatic heterocycles. The van der Waals surface area contributed by atoms with Crippen LogP contribution in [0.5, 0.6) is 0 Å². The minimum atomic E-state index is -0.146. The number of aromatic nitrogens is 3. The van der Waals surface area contributed by atoms with Gasteiger partial charge in [-0.15, -0.1) is 0 Å². The van der Waals surface area contributed by atoms with Crippen molar-refractivity contribution >= 4 is 17.1 Å². The number of rotatable bonds is 5. The third-order valence-electron chi connectivity index (χ3n) is 6.41. The van der Waals surface area contributed by atoms with E-state index in [1.807, 2.05) is 36.5 Å². The van der Waals surface area contributed by atoms with Crippen LogP contribution in [0.25, 0.3) is 5.52 Å². The summed E-state index contributed by atoms with van der Waals surface area (Å²) >= 11 is 0. The van der Waals surface area contributed by atoms with E-state index in [-0.39, 0.29) is 11.5 Å². The average molecular weight is 441 g/mol. The highest BCUT2D eigenvalue weighted by Gasteiger charge is 2.19. The van der Waals surface area contributed by atoms with Crippen molar-refractivity contribution in [2.75, 3.05) is 5.32 Å². The number of carbonyl (C=O) groups excluding carboxylic acids is 1. The summed E-state index contributed by atoms with van der Waals surface area (Å²) in [6, 6.07) is 15.4. The van der Waals surface area contributed by atoms with Crippen LogP contribution in [0.15, 0.2) is 65.7 Å². The lowest BCUT2D eigenvalue weighted by atomic mass is 9.97. The van der Waals surface area contributed by atoms with Crippen molar-refractivity contribution < 1.29 is 4.79 Å². The van der Waals surface area contributed by atoms with Crippen LogP contribution in [-0.2, 0) is 19.4 Å². The third-order valence-corrected chi connectivity index (χ3v) is 6.41. The quantitative estimate of drug-likeness (QED) is 0.485. The molecule has 168 valence electrons. The molecule has 4 aromatic rings. The lowest BCUT2D eigenvalue weighted by molar-refractivity contribution is 0.102. The summed E-state index contributed by atoms with van der Waals surface area (Å²) in [5.74, 6) is 0.253. The molecule has 6 heteroatoms. The highest BCUT2D eigenvalue weighted by atomic mass is 16.1. The molecule has 0 unspecified atom stereocenters. The maximum atomic E-state index is 13.2. The number of amides is 1. The van der Waals surface area contributed by atoms with Gasteiger partial charge in [0.2, 0.25) is 0 Å². The summed E-state index contributed by atoms with van der Waals surface area (Å²) in [5, 5.41) is 7.58. The van der Waals surface area contributed by atoms with Crippen molar-refractivity contribution in [2.45, 2.75) is 52.0 Å². The van der Waals surface area contributed by atoms with Gasteiger partial charge < -0.3 is 9.88 Å². The van der Waals surface area contributed by atoms with Crippen molar-refractivity contribution in [1.82, 2.24) is 14.2 Å². The van der Waals surface area contributed by atoms with Gasteiger partial charge in [0.25, 0.3) is 11.5 Å². The number of aryl methyl sites for hydroxylation is 2. The number of nitrogens with zero attached hydrogens (tertiary/aromatic N) is 3. The first-order chi connectivity index (χ1) is 16.0. The zero-order valence-corrected chi connectivity index (χ0v) is 19.0. The minimum Gasteiger partial charge on any atom is -0.322 e. The number of hydrogen-bond donors (Lipinski definition) is 1. The lowest BCUT2D eigenvalue weighted by Crippen LogP contribution is -2.23. The summed E-state index contributed by atoms with van der Waals surface area (Å²) in [6.07, 6.45) is 7.75. The highest BCUT2D eigenvalue weighted by molar-refractivity contribution is 6.04. The fourth-order valence-corrected chi connectivity index (χ4v) is 4.52. The standard InChI is InChI=1S/C27H28N4O2/c1-18(2)21-6-5-7-22(16-21)28-26(32)20-12-10-19(11-13-20)17-30-14-15-31-25(27(30)33)23-8-3-4-9-24(23)29-31/h5-7,10-16,18H,3-4,8-9,17H2,1-2H3,(H,28,32). The number of nitrogens with one attached hydrogen (secondary N) is 1. The van der Waals surface area contributed by atoms with Crippen molar-refractivity contribution in [1.29, 1.82) is 0 Å². The van der Waals surface area contributed by atoms with E-state index in [0.717, 1.165) is 48.2 Å². The molecule has 0 bridgehead atoms. The molecule has 1 amide bonds. The van der Waals surface area contributed by atoms with E-state index in [4.69, 9.17) is 0 Å². The Morgan fingerprint density at radius 3 is 2.64 bits per heavy atom. The Hall–Kier alpha value is -3.67. The maximum absolute atomic E-state index is 13.2. The predicted molar refractivity (Wildman–Crippen MR) is 130 cm³/mol. The number of hydrogen-bond acceptors (Lipinski definition) is 3. The summed E-state index contributed by atoms with van der Waals surface area (Å²) in [5.41, 5.74) is 6.38. The van der Waals surface area contributed by atoms with E-state index in [1.165, 1.54) is 5.56 Å². The van der Waals surface area contributed by atoms with E-state index >= 15 is 0 Å². The molecule has 2 heterocycles. The zero-order valence-electron chi connectivity index (χ0n) is 19.0. The molecule has 2 aromatic carbocycles. The number of anilines is 1. The van der Waals surface area contributed by atoms with Crippen LogP contribution in [0.1, 0.15) is 65.3 Å².